The molecule has 0 saturated heterocycles. The smallest absolute Gasteiger partial charge is 0.171 e. The number of nitrogens with zero attached hydrogens (tertiary/aromatic N) is 2. The van der Waals surface area contributed by atoms with Gasteiger partial charge in [0.2, 0.25) is 0 Å². The Morgan fingerprint density at radius 2 is 1.96 bits per heavy atom. The molecule has 6 heteroatoms. The van der Waals surface area contributed by atoms with Crippen molar-refractivity contribution in [1.82, 2.24) is 15.1 Å². The first-order chi connectivity index (χ1) is 12.8. The molecule has 0 spiro atoms. The fourth-order valence-electron chi connectivity index (χ4n) is 2.88. The van der Waals surface area contributed by atoms with Gasteiger partial charge in [0.1, 0.15) is 5.76 Å². The second-order valence-electron chi connectivity index (χ2n) is 5.95. The molecule has 0 aliphatic heterocycles. The maximum Gasteiger partial charge on any atom is 0.171 e. The first-order valence-corrected chi connectivity index (χ1v) is 8.75. The molecule has 0 amide bonds. The zero-order chi connectivity index (χ0) is 17.8. The molecule has 0 atom stereocenters. The number of nitrogens with one attached hydrogen (secondary N) is 2. The molecule has 0 fully saturated rings. The lowest BCUT2D eigenvalue weighted by molar-refractivity contribution is 0.503. The Hall–Kier alpha value is -3.12. The van der Waals surface area contributed by atoms with Crippen LogP contribution in [0.1, 0.15) is 11.3 Å². The topological polar surface area (TPSA) is 55.0 Å². The fraction of sp³-hybridized carbons (Fsp3) is 0.100. The standard InChI is InChI=1S/C20H18N4OS/c26-20(21-12-18-8-4-10-25-18)23-17-11-22-24(14-17)13-16-7-3-6-15-5-1-2-9-19(15)16/h1-11,14H,12-13H2,(H2,21,23,26). The van der Waals surface area contributed by atoms with Crippen molar-refractivity contribution < 1.29 is 4.42 Å². The number of anilines is 1. The van der Waals surface area contributed by atoms with E-state index < -0.39 is 0 Å². The quantitative estimate of drug-likeness (QED) is 0.522. The van der Waals surface area contributed by atoms with Gasteiger partial charge in [0.05, 0.1) is 31.2 Å². The molecule has 0 radical (unpaired) electrons. The third kappa shape index (κ3) is 3.75. The van der Waals surface area contributed by atoms with Crippen LogP contribution in [0.25, 0.3) is 10.8 Å². The SMILES string of the molecule is S=C(NCc1ccco1)Nc1cnn(Cc2cccc3ccccc23)c1. The van der Waals surface area contributed by atoms with Crippen LogP contribution in [0.5, 0.6) is 0 Å². The predicted molar refractivity (Wildman–Crippen MR) is 107 cm³/mol. The molecule has 0 saturated carbocycles. The minimum Gasteiger partial charge on any atom is -0.467 e. The number of aromatic nitrogens is 2. The van der Waals surface area contributed by atoms with Crippen molar-refractivity contribution in [3.8, 4) is 0 Å². The van der Waals surface area contributed by atoms with Gasteiger partial charge in [0.15, 0.2) is 5.11 Å². The summed E-state index contributed by atoms with van der Waals surface area (Å²) in [7, 11) is 0. The lowest BCUT2D eigenvalue weighted by atomic mass is 10.0. The van der Waals surface area contributed by atoms with Crippen LogP contribution in [-0.4, -0.2) is 14.9 Å². The molecule has 2 N–H and O–H groups in total. The molecule has 2 aromatic carbocycles. The van der Waals surface area contributed by atoms with Gasteiger partial charge in [-0.3, -0.25) is 4.68 Å². The van der Waals surface area contributed by atoms with Crippen molar-refractivity contribution in [3.05, 3.63) is 84.6 Å². The van der Waals surface area contributed by atoms with Crippen LogP contribution in [0.2, 0.25) is 0 Å². The Morgan fingerprint density at radius 1 is 1.08 bits per heavy atom. The van der Waals surface area contributed by atoms with E-state index in [1.165, 1.54) is 16.3 Å². The van der Waals surface area contributed by atoms with E-state index in [1.807, 2.05) is 23.0 Å². The molecule has 0 aliphatic rings. The van der Waals surface area contributed by atoms with Crippen LogP contribution < -0.4 is 10.6 Å². The van der Waals surface area contributed by atoms with Gasteiger partial charge in [0.25, 0.3) is 0 Å². The minimum absolute atomic E-state index is 0.533. The van der Waals surface area contributed by atoms with E-state index in [2.05, 4.69) is 58.2 Å². The van der Waals surface area contributed by atoms with Crippen LogP contribution in [0.4, 0.5) is 5.69 Å². The van der Waals surface area contributed by atoms with Crippen molar-refractivity contribution in [1.29, 1.82) is 0 Å². The van der Waals surface area contributed by atoms with Gasteiger partial charge >= 0.3 is 0 Å². The van der Waals surface area contributed by atoms with Gasteiger partial charge in [0, 0.05) is 6.20 Å². The normalized spacial score (nSPS) is 10.8. The molecule has 130 valence electrons. The summed E-state index contributed by atoms with van der Waals surface area (Å²) >= 11 is 5.31. The average Bonchev–Trinajstić information content (AvgIpc) is 3.32. The minimum atomic E-state index is 0.533. The Bertz CT molecular complexity index is 1020. The average molecular weight is 362 g/mol. The van der Waals surface area contributed by atoms with Gasteiger partial charge in [-0.25, -0.2) is 0 Å². The summed E-state index contributed by atoms with van der Waals surface area (Å²) in [6.45, 7) is 1.25. The van der Waals surface area contributed by atoms with Gasteiger partial charge in [-0.05, 0) is 40.7 Å². The summed E-state index contributed by atoms with van der Waals surface area (Å²) in [4.78, 5) is 0. The highest BCUT2D eigenvalue weighted by Gasteiger charge is 2.05. The molecule has 4 aromatic rings. The van der Waals surface area contributed by atoms with Crippen molar-refractivity contribution in [2.45, 2.75) is 13.1 Å². The summed E-state index contributed by atoms with van der Waals surface area (Å²) in [6.07, 6.45) is 5.36. The van der Waals surface area contributed by atoms with E-state index in [-0.39, 0.29) is 0 Å². The van der Waals surface area contributed by atoms with Crippen LogP contribution in [0, 0.1) is 0 Å². The maximum absolute atomic E-state index is 5.31. The molecule has 0 unspecified atom stereocenters. The highest BCUT2D eigenvalue weighted by molar-refractivity contribution is 7.80. The van der Waals surface area contributed by atoms with E-state index in [0.717, 1.165) is 11.4 Å². The van der Waals surface area contributed by atoms with Crippen molar-refractivity contribution in [2.24, 2.45) is 0 Å². The zero-order valence-electron chi connectivity index (χ0n) is 14.1. The summed E-state index contributed by atoms with van der Waals surface area (Å²) < 4.78 is 7.18. The van der Waals surface area contributed by atoms with E-state index in [9.17, 15) is 0 Å². The Kier molecular flexibility index (Phi) is 4.66. The molecular formula is C20H18N4OS. The first-order valence-electron chi connectivity index (χ1n) is 8.34. The summed E-state index contributed by atoms with van der Waals surface area (Å²) in [5.41, 5.74) is 2.08. The Morgan fingerprint density at radius 3 is 2.85 bits per heavy atom. The Balaban J connectivity index is 1.40. The second kappa shape index (κ2) is 7.41. The molecule has 5 nitrogen and oxygen atoms in total. The third-order valence-electron chi connectivity index (χ3n) is 4.11. The number of hydrogen-bond donors (Lipinski definition) is 2. The number of benzene rings is 2. The van der Waals surface area contributed by atoms with Crippen molar-refractivity contribution >= 4 is 33.8 Å². The molecule has 26 heavy (non-hydrogen) atoms. The molecule has 2 aromatic heterocycles. The van der Waals surface area contributed by atoms with E-state index in [4.69, 9.17) is 16.6 Å². The fourth-order valence-corrected chi connectivity index (χ4v) is 3.07. The molecule has 0 aliphatic carbocycles. The third-order valence-corrected chi connectivity index (χ3v) is 4.35. The van der Waals surface area contributed by atoms with Crippen molar-refractivity contribution in [3.63, 3.8) is 0 Å². The lowest BCUT2D eigenvalue weighted by Gasteiger charge is -2.08. The monoisotopic (exact) mass is 362 g/mol. The molecular weight excluding hydrogens is 344 g/mol. The van der Waals surface area contributed by atoms with Gasteiger partial charge < -0.3 is 15.1 Å². The van der Waals surface area contributed by atoms with Crippen LogP contribution >= 0.6 is 12.2 Å². The summed E-state index contributed by atoms with van der Waals surface area (Å²) in [6, 6.07) is 18.5. The second-order valence-corrected chi connectivity index (χ2v) is 6.36. The molecule has 4 rings (SSSR count). The number of fused-ring (bicyclic) bond motifs is 1. The van der Waals surface area contributed by atoms with E-state index in [0.29, 0.717) is 18.2 Å². The van der Waals surface area contributed by atoms with E-state index in [1.54, 1.807) is 12.5 Å². The van der Waals surface area contributed by atoms with Crippen LogP contribution in [0.15, 0.2) is 77.7 Å². The number of furan rings is 1. The number of hydrogen-bond acceptors (Lipinski definition) is 3. The Labute approximate surface area is 156 Å². The summed E-state index contributed by atoms with van der Waals surface area (Å²) in [5.74, 6) is 0.834. The van der Waals surface area contributed by atoms with E-state index >= 15 is 0 Å². The zero-order valence-corrected chi connectivity index (χ0v) is 14.9. The molecule has 0 bridgehead atoms. The summed E-state index contributed by atoms with van der Waals surface area (Å²) in [5, 5.41) is 13.7. The van der Waals surface area contributed by atoms with Crippen LogP contribution in [0.3, 0.4) is 0 Å². The van der Waals surface area contributed by atoms with Crippen molar-refractivity contribution in [2.75, 3.05) is 5.32 Å². The lowest BCUT2D eigenvalue weighted by Crippen LogP contribution is -2.27. The van der Waals surface area contributed by atoms with Gasteiger partial charge in [-0.1, -0.05) is 42.5 Å². The van der Waals surface area contributed by atoms with Gasteiger partial charge in [-0.2, -0.15) is 5.10 Å². The largest absolute Gasteiger partial charge is 0.467 e. The highest BCUT2D eigenvalue weighted by Crippen LogP contribution is 2.19. The number of rotatable bonds is 5. The predicted octanol–water partition coefficient (Wildman–Crippen LogP) is 4.16. The number of thiocarbonyl (C=S) groups is 1. The highest BCUT2D eigenvalue weighted by atomic mass is 32.1. The first kappa shape index (κ1) is 16.4. The molecule has 2 heterocycles. The van der Waals surface area contributed by atoms with Crippen LogP contribution in [-0.2, 0) is 13.1 Å². The maximum atomic E-state index is 5.31. The van der Waals surface area contributed by atoms with Gasteiger partial charge in [-0.15, -0.1) is 0 Å².